The standard InChI is InChI=1S/C8H11N3O/c1-4-2-3-5-6(4)10-11-7(5)8(9)12/h4H,2-3H2,1H3,(H2,9,12)(H,10,11)/t4-/m1/s1. The van der Waals surface area contributed by atoms with Gasteiger partial charge in [0, 0.05) is 11.3 Å². The molecule has 1 aliphatic carbocycles. The van der Waals surface area contributed by atoms with E-state index >= 15 is 0 Å². The van der Waals surface area contributed by atoms with Crippen LogP contribution < -0.4 is 5.73 Å². The topological polar surface area (TPSA) is 71.8 Å². The molecule has 0 fully saturated rings. The molecule has 1 heterocycles. The van der Waals surface area contributed by atoms with E-state index in [1.165, 1.54) is 0 Å². The van der Waals surface area contributed by atoms with Gasteiger partial charge in [-0.15, -0.1) is 0 Å². The zero-order chi connectivity index (χ0) is 8.72. The van der Waals surface area contributed by atoms with Crippen LogP contribution in [0.5, 0.6) is 0 Å². The van der Waals surface area contributed by atoms with Crippen molar-refractivity contribution in [2.45, 2.75) is 25.7 Å². The van der Waals surface area contributed by atoms with Crippen LogP contribution in [0.15, 0.2) is 0 Å². The Labute approximate surface area is 70.1 Å². The molecule has 1 aliphatic rings. The fraction of sp³-hybridized carbons (Fsp3) is 0.500. The van der Waals surface area contributed by atoms with E-state index in [-0.39, 0.29) is 0 Å². The number of fused-ring (bicyclic) bond motifs is 1. The van der Waals surface area contributed by atoms with E-state index in [0.29, 0.717) is 11.6 Å². The summed E-state index contributed by atoms with van der Waals surface area (Å²) in [5.41, 5.74) is 7.69. The average Bonchev–Trinajstić information content (AvgIpc) is 2.53. The Bertz CT molecular complexity index is 329. The number of aromatic nitrogens is 2. The van der Waals surface area contributed by atoms with Crippen molar-refractivity contribution in [3.63, 3.8) is 0 Å². The lowest BCUT2D eigenvalue weighted by molar-refractivity contribution is 0.0994. The summed E-state index contributed by atoms with van der Waals surface area (Å²) in [7, 11) is 0. The normalized spacial score (nSPS) is 20.9. The molecule has 1 amide bonds. The number of nitrogens with one attached hydrogen (secondary N) is 1. The molecule has 0 aliphatic heterocycles. The number of hydrogen-bond donors (Lipinski definition) is 2. The van der Waals surface area contributed by atoms with E-state index in [0.717, 1.165) is 24.1 Å². The van der Waals surface area contributed by atoms with Crippen molar-refractivity contribution in [3.05, 3.63) is 17.0 Å². The number of carbonyl (C=O) groups excluding carboxylic acids is 1. The largest absolute Gasteiger partial charge is 0.364 e. The highest BCUT2D eigenvalue weighted by Gasteiger charge is 2.26. The number of H-pyrrole nitrogens is 1. The average molecular weight is 165 g/mol. The van der Waals surface area contributed by atoms with E-state index in [1.807, 2.05) is 0 Å². The van der Waals surface area contributed by atoms with Crippen molar-refractivity contribution in [1.82, 2.24) is 10.2 Å². The molecular formula is C8H11N3O. The second kappa shape index (κ2) is 2.33. The Balaban J connectivity index is 2.49. The van der Waals surface area contributed by atoms with Crippen LogP contribution in [0.1, 0.15) is 41.0 Å². The Hall–Kier alpha value is -1.32. The Kier molecular flexibility index (Phi) is 1.43. The van der Waals surface area contributed by atoms with Gasteiger partial charge in [0.25, 0.3) is 5.91 Å². The van der Waals surface area contributed by atoms with Crippen LogP contribution in [-0.4, -0.2) is 16.1 Å². The van der Waals surface area contributed by atoms with E-state index in [2.05, 4.69) is 17.1 Å². The van der Waals surface area contributed by atoms with Gasteiger partial charge in [0.1, 0.15) is 0 Å². The van der Waals surface area contributed by atoms with Gasteiger partial charge < -0.3 is 5.73 Å². The van der Waals surface area contributed by atoms with Crippen LogP contribution in [0, 0.1) is 0 Å². The number of nitrogens with two attached hydrogens (primary N) is 1. The molecule has 0 unspecified atom stereocenters. The lowest BCUT2D eigenvalue weighted by Crippen LogP contribution is -2.13. The van der Waals surface area contributed by atoms with Crippen LogP contribution >= 0.6 is 0 Å². The van der Waals surface area contributed by atoms with Gasteiger partial charge >= 0.3 is 0 Å². The zero-order valence-corrected chi connectivity index (χ0v) is 6.92. The maximum Gasteiger partial charge on any atom is 0.269 e. The summed E-state index contributed by atoms with van der Waals surface area (Å²) >= 11 is 0. The quantitative estimate of drug-likeness (QED) is 0.638. The molecule has 0 radical (unpaired) electrons. The fourth-order valence-electron chi connectivity index (χ4n) is 1.75. The Morgan fingerprint density at radius 1 is 1.75 bits per heavy atom. The highest BCUT2D eigenvalue weighted by molar-refractivity contribution is 5.92. The molecule has 4 nitrogen and oxygen atoms in total. The van der Waals surface area contributed by atoms with Gasteiger partial charge in [0.05, 0.1) is 0 Å². The first-order valence-electron chi connectivity index (χ1n) is 4.07. The molecule has 0 spiro atoms. The van der Waals surface area contributed by atoms with Gasteiger partial charge in [-0.25, -0.2) is 0 Å². The lowest BCUT2D eigenvalue weighted by Gasteiger charge is -1.96. The van der Waals surface area contributed by atoms with E-state index < -0.39 is 5.91 Å². The van der Waals surface area contributed by atoms with Crippen molar-refractivity contribution in [3.8, 4) is 0 Å². The third kappa shape index (κ3) is 0.841. The summed E-state index contributed by atoms with van der Waals surface area (Å²) in [6.07, 6.45) is 2.01. The fourth-order valence-corrected chi connectivity index (χ4v) is 1.75. The molecule has 0 saturated heterocycles. The molecule has 0 saturated carbocycles. The predicted octanol–water partition coefficient (Wildman–Crippen LogP) is 0.558. The summed E-state index contributed by atoms with van der Waals surface area (Å²) in [6.45, 7) is 2.12. The minimum Gasteiger partial charge on any atom is -0.364 e. The summed E-state index contributed by atoms with van der Waals surface area (Å²) in [6, 6.07) is 0. The van der Waals surface area contributed by atoms with Crippen molar-refractivity contribution >= 4 is 5.91 Å². The van der Waals surface area contributed by atoms with Gasteiger partial charge in [0.2, 0.25) is 0 Å². The van der Waals surface area contributed by atoms with E-state index in [4.69, 9.17) is 5.73 Å². The van der Waals surface area contributed by atoms with Crippen LogP contribution in [0.25, 0.3) is 0 Å². The summed E-state index contributed by atoms with van der Waals surface area (Å²) in [5.74, 6) is 0.0576. The van der Waals surface area contributed by atoms with Crippen LogP contribution in [0.4, 0.5) is 0 Å². The first-order valence-corrected chi connectivity index (χ1v) is 4.07. The summed E-state index contributed by atoms with van der Waals surface area (Å²) in [5, 5.41) is 6.75. The predicted molar refractivity (Wildman–Crippen MR) is 43.8 cm³/mol. The first-order chi connectivity index (χ1) is 5.70. The second-order valence-electron chi connectivity index (χ2n) is 3.27. The van der Waals surface area contributed by atoms with Crippen molar-refractivity contribution in [1.29, 1.82) is 0 Å². The molecule has 1 aromatic heterocycles. The maximum atomic E-state index is 10.9. The zero-order valence-electron chi connectivity index (χ0n) is 6.92. The molecule has 1 atom stereocenters. The van der Waals surface area contributed by atoms with Gasteiger partial charge in [0.15, 0.2) is 5.69 Å². The van der Waals surface area contributed by atoms with Crippen molar-refractivity contribution in [2.75, 3.05) is 0 Å². The first kappa shape index (κ1) is 7.34. The SMILES string of the molecule is C[C@@H]1CCc2c(C(N)=O)n[nH]c21. The highest BCUT2D eigenvalue weighted by atomic mass is 16.1. The van der Waals surface area contributed by atoms with Crippen molar-refractivity contribution < 1.29 is 4.79 Å². The van der Waals surface area contributed by atoms with Crippen LogP contribution in [-0.2, 0) is 6.42 Å². The van der Waals surface area contributed by atoms with Gasteiger partial charge in [-0.05, 0) is 18.8 Å². The van der Waals surface area contributed by atoms with Gasteiger partial charge in [-0.3, -0.25) is 9.89 Å². The summed E-state index contributed by atoms with van der Waals surface area (Å²) < 4.78 is 0. The molecule has 0 aromatic carbocycles. The Morgan fingerprint density at radius 2 is 2.50 bits per heavy atom. The molecule has 1 aromatic rings. The number of aromatic amines is 1. The lowest BCUT2D eigenvalue weighted by atomic mass is 10.1. The molecule has 3 N–H and O–H groups in total. The molecule has 2 rings (SSSR count). The van der Waals surface area contributed by atoms with Gasteiger partial charge in [-0.2, -0.15) is 5.10 Å². The molecule has 12 heavy (non-hydrogen) atoms. The number of nitrogens with zero attached hydrogens (tertiary/aromatic N) is 1. The van der Waals surface area contributed by atoms with Crippen LogP contribution in [0.2, 0.25) is 0 Å². The monoisotopic (exact) mass is 165 g/mol. The minimum atomic E-state index is -0.429. The van der Waals surface area contributed by atoms with Crippen LogP contribution in [0.3, 0.4) is 0 Å². The number of rotatable bonds is 1. The third-order valence-electron chi connectivity index (χ3n) is 2.45. The van der Waals surface area contributed by atoms with Gasteiger partial charge in [-0.1, -0.05) is 6.92 Å². The third-order valence-corrected chi connectivity index (χ3v) is 2.45. The summed E-state index contributed by atoms with van der Waals surface area (Å²) in [4.78, 5) is 10.9. The number of amides is 1. The molecule has 0 bridgehead atoms. The highest BCUT2D eigenvalue weighted by Crippen LogP contribution is 2.32. The van der Waals surface area contributed by atoms with Crippen molar-refractivity contribution in [2.24, 2.45) is 5.73 Å². The second-order valence-corrected chi connectivity index (χ2v) is 3.27. The Morgan fingerprint density at radius 3 is 3.17 bits per heavy atom. The molecule has 4 heteroatoms. The maximum absolute atomic E-state index is 10.9. The number of hydrogen-bond acceptors (Lipinski definition) is 2. The smallest absolute Gasteiger partial charge is 0.269 e. The van der Waals surface area contributed by atoms with E-state index in [1.54, 1.807) is 0 Å². The van der Waals surface area contributed by atoms with E-state index in [9.17, 15) is 4.79 Å². The number of primary amides is 1. The minimum absolute atomic E-state index is 0.425. The molecular weight excluding hydrogens is 154 g/mol. The molecule has 64 valence electrons. The number of carbonyl (C=O) groups is 1.